The van der Waals surface area contributed by atoms with Gasteiger partial charge in [-0.1, -0.05) is 63.5 Å². The first-order valence-electron chi connectivity index (χ1n) is 14.5. The first-order valence-corrected chi connectivity index (χ1v) is 15.3. The molecule has 0 aromatic heterocycles. The molecule has 0 unspecified atom stereocenters. The summed E-state index contributed by atoms with van der Waals surface area (Å²) < 4.78 is 42.1. The second-order valence-electron chi connectivity index (χ2n) is 10.6. The van der Waals surface area contributed by atoms with Crippen LogP contribution in [0.4, 0.5) is 8.78 Å². The van der Waals surface area contributed by atoms with E-state index in [1.807, 2.05) is 30.3 Å². The summed E-state index contributed by atoms with van der Waals surface area (Å²) in [6, 6.07) is 25.0. The summed E-state index contributed by atoms with van der Waals surface area (Å²) >= 11 is 3.46. The number of aliphatic hydroxyl groups is 1. The first-order chi connectivity index (χ1) is 22.3. The van der Waals surface area contributed by atoms with Crippen LogP contribution < -0.4 is 10.1 Å². The molecule has 4 aromatic carbocycles. The molecule has 0 spiro atoms. The molecular formula is C34H30BrF2N5O4. The van der Waals surface area contributed by atoms with Crippen LogP contribution in [0, 0.1) is 11.6 Å². The van der Waals surface area contributed by atoms with E-state index in [1.165, 1.54) is 6.07 Å². The van der Waals surface area contributed by atoms with Gasteiger partial charge in [0.15, 0.2) is 11.6 Å². The highest BCUT2D eigenvalue weighted by molar-refractivity contribution is 9.10. The lowest BCUT2D eigenvalue weighted by Crippen LogP contribution is -2.50. The molecule has 1 heterocycles. The van der Waals surface area contributed by atoms with Crippen LogP contribution in [-0.4, -0.2) is 35.7 Å². The molecule has 46 heavy (non-hydrogen) atoms. The Hall–Kier alpha value is -4.77. The summed E-state index contributed by atoms with van der Waals surface area (Å²) in [6.07, 6.45) is -0.446. The van der Waals surface area contributed by atoms with Crippen molar-refractivity contribution in [2.75, 3.05) is 13.2 Å². The van der Waals surface area contributed by atoms with Crippen LogP contribution in [0.1, 0.15) is 40.3 Å². The molecule has 12 heteroatoms. The van der Waals surface area contributed by atoms with Crippen molar-refractivity contribution in [2.45, 2.75) is 37.6 Å². The fraction of sp³-hybridized carbons (Fsp3) is 0.235. The van der Waals surface area contributed by atoms with Crippen LogP contribution in [0.3, 0.4) is 0 Å². The van der Waals surface area contributed by atoms with E-state index in [4.69, 9.17) is 25.1 Å². The third-order valence-electron chi connectivity index (χ3n) is 7.57. The molecule has 0 saturated heterocycles. The third kappa shape index (κ3) is 7.37. The normalized spacial score (nSPS) is 17.0. The SMILES string of the molecule is [N-]=[N+]=NCc1ccccc1C[C@@]1(C(=O)NCc2c(F)cccc2F)N=C(c2ccc(OCCCO)cc2)O[C@@H]1c1ccc(Br)cc1. The highest BCUT2D eigenvalue weighted by Crippen LogP contribution is 2.43. The number of amides is 1. The van der Waals surface area contributed by atoms with E-state index in [0.717, 1.165) is 16.6 Å². The first kappa shape index (κ1) is 32.6. The fourth-order valence-corrected chi connectivity index (χ4v) is 5.49. The molecule has 2 N–H and O–H groups in total. The van der Waals surface area contributed by atoms with E-state index >= 15 is 0 Å². The summed E-state index contributed by atoms with van der Waals surface area (Å²) in [5.74, 6) is -1.41. The molecule has 0 radical (unpaired) electrons. The van der Waals surface area contributed by atoms with Gasteiger partial charge in [0.25, 0.3) is 5.91 Å². The second kappa shape index (κ2) is 15.0. The summed E-state index contributed by atoms with van der Waals surface area (Å²) in [5, 5.41) is 15.5. The van der Waals surface area contributed by atoms with Crippen LogP contribution in [0.15, 0.2) is 106 Å². The van der Waals surface area contributed by atoms with E-state index in [0.29, 0.717) is 41.0 Å². The van der Waals surface area contributed by atoms with Crippen molar-refractivity contribution in [1.29, 1.82) is 0 Å². The van der Waals surface area contributed by atoms with Crippen LogP contribution in [-0.2, 0) is 29.0 Å². The van der Waals surface area contributed by atoms with E-state index in [-0.39, 0.29) is 31.0 Å². The average molecular weight is 691 g/mol. The molecule has 0 bridgehead atoms. The average Bonchev–Trinajstić information content (AvgIpc) is 3.45. The monoisotopic (exact) mass is 689 g/mol. The van der Waals surface area contributed by atoms with Crippen molar-refractivity contribution in [3.8, 4) is 5.75 Å². The largest absolute Gasteiger partial charge is 0.494 e. The highest BCUT2D eigenvalue weighted by Gasteiger charge is 2.53. The minimum absolute atomic E-state index is 0.0138. The molecule has 236 valence electrons. The predicted molar refractivity (Wildman–Crippen MR) is 172 cm³/mol. The number of carbonyl (C=O) groups is 1. The topological polar surface area (TPSA) is 129 Å². The smallest absolute Gasteiger partial charge is 0.252 e. The maximum Gasteiger partial charge on any atom is 0.252 e. The molecule has 1 aliphatic rings. The van der Waals surface area contributed by atoms with Gasteiger partial charge in [0.1, 0.15) is 17.4 Å². The molecule has 9 nitrogen and oxygen atoms in total. The van der Waals surface area contributed by atoms with Gasteiger partial charge >= 0.3 is 0 Å². The van der Waals surface area contributed by atoms with E-state index < -0.39 is 35.7 Å². The second-order valence-corrected chi connectivity index (χ2v) is 11.5. The Bertz CT molecular complexity index is 1740. The Morgan fingerprint density at radius 3 is 2.39 bits per heavy atom. The molecular weight excluding hydrogens is 660 g/mol. The van der Waals surface area contributed by atoms with Gasteiger partial charge < -0.3 is 19.9 Å². The number of rotatable bonds is 13. The van der Waals surface area contributed by atoms with Gasteiger partial charge in [-0.05, 0) is 70.8 Å². The maximum atomic E-state index is 14.6. The number of ether oxygens (including phenoxy) is 2. The van der Waals surface area contributed by atoms with Crippen molar-refractivity contribution in [2.24, 2.45) is 10.1 Å². The number of nitrogens with one attached hydrogen (secondary N) is 1. The van der Waals surface area contributed by atoms with Crippen LogP contribution in [0.25, 0.3) is 10.4 Å². The summed E-state index contributed by atoms with van der Waals surface area (Å²) in [6.45, 7) is -0.0138. The predicted octanol–water partition coefficient (Wildman–Crippen LogP) is 7.11. The van der Waals surface area contributed by atoms with Gasteiger partial charge in [0, 0.05) is 46.5 Å². The zero-order valence-electron chi connectivity index (χ0n) is 24.6. The van der Waals surface area contributed by atoms with Gasteiger partial charge in [0.2, 0.25) is 5.90 Å². The molecule has 4 aromatic rings. The Labute approximate surface area is 272 Å². The van der Waals surface area contributed by atoms with Gasteiger partial charge in [-0.25, -0.2) is 13.8 Å². The summed E-state index contributed by atoms with van der Waals surface area (Å²) in [7, 11) is 0. The lowest BCUT2D eigenvalue weighted by molar-refractivity contribution is -0.129. The van der Waals surface area contributed by atoms with E-state index in [9.17, 15) is 13.6 Å². The number of halogens is 3. The Balaban J connectivity index is 1.61. The zero-order chi connectivity index (χ0) is 32.5. The van der Waals surface area contributed by atoms with E-state index in [1.54, 1.807) is 42.5 Å². The quantitative estimate of drug-likeness (QED) is 0.0671. The van der Waals surface area contributed by atoms with Crippen molar-refractivity contribution >= 4 is 27.7 Å². The van der Waals surface area contributed by atoms with Gasteiger partial charge in [0.05, 0.1) is 13.2 Å². The molecule has 0 fully saturated rings. The van der Waals surface area contributed by atoms with Gasteiger partial charge in [-0.3, -0.25) is 4.79 Å². The standard InChI is InChI=1S/C34H30BrF2N5O4/c35-26-13-9-22(10-14-26)31-34(19-24-5-1-2-6-25(24)20-40-42-38,33(44)39-21-28-29(36)7-3-8-30(28)37)41-32(46-31)23-11-15-27(16-12-23)45-18-4-17-43/h1-3,5-16,31,43H,4,17-21H2,(H,39,44)/t31-,34-/m1/s1. The number of benzene rings is 4. The number of azide groups is 1. The number of aliphatic hydroxyl groups excluding tert-OH is 1. The van der Waals surface area contributed by atoms with Gasteiger partial charge in [-0.2, -0.15) is 0 Å². The molecule has 5 rings (SSSR count). The number of nitrogens with zero attached hydrogens (tertiary/aromatic N) is 4. The third-order valence-corrected chi connectivity index (χ3v) is 8.10. The Morgan fingerprint density at radius 1 is 1.02 bits per heavy atom. The Kier molecular flexibility index (Phi) is 10.6. The van der Waals surface area contributed by atoms with Crippen molar-refractivity contribution in [1.82, 2.24) is 5.32 Å². The lowest BCUT2D eigenvalue weighted by Gasteiger charge is -2.31. The molecule has 1 amide bonds. The Morgan fingerprint density at radius 2 is 1.72 bits per heavy atom. The van der Waals surface area contributed by atoms with Crippen LogP contribution >= 0.6 is 15.9 Å². The zero-order valence-corrected chi connectivity index (χ0v) is 26.2. The fourth-order valence-electron chi connectivity index (χ4n) is 5.23. The number of hydrogen-bond acceptors (Lipinski definition) is 6. The molecule has 1 aliphatic heterocycles. The summed E-state index contributed by atoms with van der Waals surface area (Å²) in [5.41, 5.74) is 9.66. The molecule has 0 saturated carbocycles. The minimum atomic E-state index is -1.65. The highest BCUT2D eigenvalue weighted by atomic mass is 79.9. The minimum Gasteiger partial charge on any atom is -0.494 e. The van der Waals surface area contributed by atoms with Crippen LogP contribution in [0.2, 0.25) is 0 Å². The number of aliphatic imine (C=N–C) groups is 1. The number of carbonyl (C=O) groups excluding carboxylic acids is 1. The molecule has 0 aliphatic carbocycles. The van der Waals surface area contributed by atoms with E-state index in [2.05, 4.69) is 31.3 Å². The lowest BCUT2D eigenvalue weighted by atomic mass is 9.81. The van der Waals surface area contributed by atoms with Crippen LogP contribution in [0.5, 0.6) is 5.75 Å². The van der Waals surface area contributed by atoms with Gasteiger partial charge in [-0.15, -0.1) is 0 Å². The van der Waals surface area contributed by atoms with Crippen molar-refractivity contribution in [3.63, 3.8) is 0 Å². The molecule has 2 atom stereocenters. The van der Waals surface area contributed by atoms with Crippen molar-refractivity contribution in [3.05, 3.63) is 145 Å². The van der Waals surface area contributed by atoms with Crippen molar-refractivity contribution < 1.29 is 28.2 Å². The summed E-state index contributed by atoms with van der Waals surface area (Å²) in [4.78, 5) is 22.3. The maximum absolute atomic E-state index is 14.6. The number of hydrogen-bond donors (Lipinski definition) is 2.